The fraction of sp³-hybridized carbons (Fsp3) is 0.222. The average Bonchev–Trinajstić information content (AvgIpc) is 2.63. The summed E-state index contributed by atoms with van der Waals surface area (Å²) < 4.78 is 0. The number of nitrogens with zero attached hydrogens (tertiary/aromatic N) is 3. The first-order valence-corrected chi connectivity index (χ1v) is 7.62. The summed E-state index contributed by atoms with van der Waals surface area (Å²) in [6.07, 6.45) is 0. The SMILES string of the molecule is N#Cc1cccc(N2CCN(C(=O)Nc3ccccc3)CC2)c1. The number of hydrogen-bond acceptors (Lipinski definition) is 3. The van der Waals surface area contributed by atoms with E-state index in [-0.39, 0.29) is 6.03 Å². The van der Waals surface area contributed by atoms with Crippen LogP contribution in [-0.4, -0.2) is 37.1 Å². The number of para-hydroxylation sites is 1. The van der Waals surface area contributed by atoms with Crippen molar-refractivity contribution in [1.82, 2.24) is 4.90 Å². The first-order chi connectivity index (χ1) is 11.3. The van der Waals surface area contributed by atoms with E-state index in [4.69, 9.17) is 5.26 Å². The van der Waals surface area contributed by atoms with Crippen molar-refractivity contribution in [3.8, 4) is 6.07 Å². The van der Waals surface area contributed by atoms with Crippen LogP contribution in [-0.2, 0) is 0 Å². The van der Waals surface area contributed by atoms with Crippen LogP contribution in [0.25, 0.3) is 0 Å². The van der Waals surface area contributed by atoms with Gasteiger partial charge in [-0.2, -0.15) is 5.26 Å². The number of carbonyl (C=O) groups is 1. The molecule has 116 valence electrons. The number of urea groups is 1. The smallest absolute Gasteiger partial charge is 0.321 e. The molecule has 0 aliphatic carbocycles. The zero-order chi connectivity index (χ0) is 16.1. The number of anilines is 2. The molecule has 1 aliphatic rings. The third kappa shape index (κ3) is 3.61. The Bertz CT molecular complexity index is 715. The van der Waals surface area contributed by atoms with Crippen LogP contribution in [0.4, 0.5) is 16.2 Å². The van der Waals surface area contributed by atoms with Crippen LogP contribution < -0.4 is 10.2 Å². The molecule has 1 saturated heterocycles. The third-order valence-corrected chi connectivity index (χ3v) is 3.93. The monoisotopic (exact) mass is 306 g/mol. The molecule has 1 fully saturated rings. The molecule has 2 aromatic carbocycles. The van der Waals surface area contributed by atoms with Crippen LogP contribution in [0.5, 0.6) is 0 Å². The summed E-state index contributed by atoms with van der Waals surface area (Å²) >= 11 is 0. The maximum absolute atomic E-state index is 12.3. The van der Waals surface area contributed by atoms with Crippen LogP contribution in [0, 0.1) is 11.3 Å². The highest BCUT2D eigenvalue weighted by atomic mass is 16.2. The Balaban J connectivity index is 1.58. The number of benzene rings is 2. The van der Waals surface area contributed by atoms with E-state index in [0.717, 1.165) is 24.5 Å². The second kappa shape index (κ2) is 6.84. The van der Waals surface area contributed by atoms with E-state index < -0.39 is 0 Å². The predicted octanol–water partition coefficient (Wildman–Crippen LogP) is 2.91. The summed E-state index contributed by atoms with van der Waals surface area (Å²) in [4.78, 5) is 16.3. The Labute approximate surface area is 135 Å². The molecule has 2 amide bonds. The van der Waals surface area contributed by atoms with Crippen molar-refractivity contribution in [2.75, 3.05) is 36.4 Å². The number of hydrogen-bond donors (Lipinski definition) is 1. The molecular weight excluding hydrogens is 288 g/mol. The summed E-state index contributed by atoms with van der Waals surface area (Å²) in [5.74, 6) is 0. The lowest BCUT2D eigenvalue weighted by atomic mass is 10.2. The molecule has 2 aromatic rings. The average molecular weight is 306 g/mol. The van der Waals surface area contributed by atoms with Gasteiger partial charge in [-0.05, 0) is 30.3 Å². The third-order valence-electron chi connectivity index (χ3n) is 3.93. The fourth-order valence-corrected chi connectivity index (χ4v) is 2.66. The minimum Gasteiger partial charge on any atom is -0.368 e. The van der Waals surface area contributed by atoms with Gasteiger partial charge in [0.2, 0.25) is 0 Å². The second-order valence-corrected chi connectivity index (χ2v) is 5.43. The lowest BCUT2D eigenvalue weighted by molar-refractivity contribution is 0.208. The maximum atomic E-state index is 12.3. The van der Waals surface area contributed by atoms with E-state index in [1.54, 1.807) is 6.07 Å². The number of nitrogens with one attached hydrogen (secondary N) is 1. The van der Waals surface area contributed by atoms with Crippen LogP contribution in [0.15, 0.2) is 54.6 Å². The summed E-state index contributed by atoms with van der Waals surface area (Å²) in [6.45, 7) is 2.85. The molecule has 1 aliphatic heterocycles. The normalized spacial score (nSPS) is 14.2. The molecule has 5 nitrogen and oxygen atoms in total. The van der Waals surface area contributed by atoms with Crippen molar-refractivity contribution < 1.29 is 4.79 Å². The van der Waals surface area contributed by atoms with Crippen molar-refractivity contribution in [3.63, 3.8) is 0 Å². The molecule has 5 heteroatoms. The largest absolute Gasteiger partial charge is 0.368 e. The van der Waals surface area contributed by atoms with Crippen molar-refractivity contribution in [1.29, 1.82) is 5.26 Å². The molecule has 3 rings (SSSR count). The Morgan fingerprint density at radius 3 is 2.43 bits per heavy atom. The van der Waals surface area contributed by atoms with E-state index >= 15 is 0 Å². The second-order valence-electron chi connectivity index (χ2n) is 5.43. The lowest BCUT2D eigenvalue weighted by Crippen LogP contribution is -2.50. The molecule has 0 bridgehead atoms. The molecule has 0 atom stereocenters. The number of rotatable bonds is 2. The fourth-order valence-electron chi connectivity index (χ4n) is 2.66. The summed E-state index contributed by atoms with van der Waals surface area (Å²) in [6, 6.07) is 19.1. The topological polar surface area (TPSA) is 59.4 Å². The van der Waals surface area contributed by atoms with Gasteiger partial charge in [0.15, 0.2) is 0 Å². The zero-order valence-corrected chi connectivity index (χ0v) is 12.8. The lowest BCUT2D eigenvalue weighted by Gasteiger charge is -2.36. The highest BCUT2D eigenvalue weighted by molar-refractivity contribution is 5.89. The van der Waals surface area contributed by atoms with Gasteiger partial charge in [0.05, 0.1) is 11.6 Å². The standard InChI is InChI=1S/C18H18N4O/c19-14-15-5-4-8-17(13-15)21-9-11-22(12-10-21)18(23)20-16-6-2-1-3-7-16/h1-8,13H,9-12H2,(H,20,23). The minimum absolute atomic E-state index is 0.0679. The molecule has 23 heavy (non-hydrogen) atoms. The molecule has 0 spiro atoms. The Morgan fingerprint density at radius 1 is 1.00 bits per heavy atom. The van der Waals surface area contributed by atoms with Crippen molar-refractivity contribution >= 4 is 17.4 Å². The van der Waals surface area contributed by atoms with Crippen LogP contribution in [0.1, 0.15) is 5.56 Å². The Kier molecular flexibility index (Phi) is 4.44. The predicted molar refractivity (Wildman–Crippen MR) is 90.4 cm³/mol. The van der Waals surface area contributed by atoms with Crippen LogP contribution in [0.3, 0.4) is 0 Å². The first kappa shape index (κ1) is 14.9. The molecule has 0 unspecified atom stereocenters. The van der Waals surface area contributed by atoms with E-state index in [2.05, 4.69) is 16.3 Å². The molecular formula is C18H18N4O. The van der Waals surface area contributed by atoms with Gasteiger partial charge in [-0.25, -0.2) is 4.79 Å². The molecule has 1 N–H and O–H groups in total. The van der Waals surface area contributed by atoms with Crippen LogP contribution in [0.2, 0.25) is 0 Å². The van der Waals surface area contributed by atoms with Crippen molar-refractivity contribution in [3.05, 3.63) is 60.2 Å². The maximum Gasteiger partial charge on any atom is 0.321 e. The zero-order valence-electron chi connectivity index (χ0n) is 12.8. The number of piperazine rings is 1. The van der Waals surface area contributed by atoms with Crippen molar-refractivity contribution in [2.45, 2.75) is 0 Å². The molecule has 0 radical (unpaired) electrons. The Morgan fingerprint density at radius 2 is 1.74 bits per heavy atom. The van der Waals surface area contributed by atoms with Gasteiger partial charge in [-0.3, -0.25) is 0 Å². The minimum atomic E-state index is -0.0679. The number of carbonyl (C=O) groups excluding carboxylic acids is 1. The number of amides is 2. The van der Waals surface area contributed by atoms with E-state index in [9.17, 15) is 4.79 Å². The molecule has 1 heterocycles. The van der Waals surface area contributed by atoms with Crippen molar-refractivity contribution in [2.24, 2.45) is 0 Å². The van der Waals surface area contributed by atoms with Gasteiger partial charge in [0, 0.05) is 37.6 Å². The van der Waals surface area contributed by atoms with E-state index in [1.807, 2.05) is 53.4 Å². The van der Waals surface area contributed by atoms with Gasteiger partial charge in [0.25, 0.3) is 0 Å². The Hall–Kier alpha value is -3.00. The first-order valence-electron chi connectivity index (χ1n) is 7.62. The van der Waals surface area contributed by atoms with Gasteiger partial charge in [-0.1, -0.05) is 24.3 Å². The quantitative estimate of drug-likeness (QED) is 0.928. The number of nitriles is 1. The summed E-state index contributed by atoms with van der Waals surface area (Å²) in [5.41, 5.74) is 2.50. The highest BCUT2D eigenvalue weighted by Gasteiger charge is 2.21. The van der Waals surface area contributed by atoms with Gasteiger partial charge < -0.3 is 15.1 Å². The summed E-state index contributed by atoms with van der Waals surface area (Å²) in [7, 11) is 0. The van der Waals surface area contributed by atoms with Crippen LogP contribution >= 0.6 is 0 Å². The van der Waals surface area contributed by atoms with E-state index in [1.165, 1.54) is 0 Å². The molecule has 0 aromatic heterocycles. The molecule has 0 saturated carbocycles. The van der Waals surface area contributed by atoms with E-state index in [0.29, 0.717) is 18.7 Å². The van der Waals surface area contributed by atoms with Gasteiger partial charge in [0.1, 0.15) is 0 Å². The highest BCUT2D eigenvalue weighted by Crippen LogP contribution is 2.18. The van der Waals surface area contributed by atoms with Gasteiger partial charge in [-0.15, -0.1) is 0 Å². The van der Waals surface area contributed by atoms with Gasteiger partial charge >= 0.3 is 6.03 Å². The summed E-state index contributed by atoms with van der Waals surface area (Å²) in [5, 5.41) is 11.9.